The molecule has 1 heterocycles. The van der Waals surface area contributed by atoms with E-state index in [1.165, 1.54) is 6.20 Å². The van der Waals surface area contributed by atoms with Crippen molar-refractivity contribution in [1.82, 2.24) is 4.98 Å². The summed E-state index contributed by atoms with van der Waals surface area (Å²) in [5, 5.41) is 17.6. The number of hydrogen-bond acceptors (Lipinski definition) is 3. The Labute approximate surface area is 69.5 Å². The Morgan fingerprint density at radius 2 is 2.33 bits per heavy atom. The molecule has 0 aliphatic rings. The number of pyridine rings is 1. The Kier molecular flexibility index (Phi) is 2.76. The van der Waals surface area contributed by atoms with E-state index in [1.54, 1.807) is 18.2 Å². The van der Waals surface area contributed by atoms with Gasteiger partial charge < -0.3 is 10.2 Å². The molecule has 64 valence electrons. The highest BCUT2D eigenvalue weighted by Gasteiger charge is 2.11. The molecule has 12 heavy (non-hydrogen) atoms. The van der Waals surface area contributed by atoms with Crippen LogP contribution in [-0.4, -0.2) is 21.2 Å². The van der Waals surface area contributed by atoms with Gasteiger partial charge in [0.1, 0.15) is 6.10 Å². The van der Waals surface area contributed by atoms with Gasteiger partial charge in [-0.25, -0.2) is 0 Å². The van der Waals surface area contributed by atoms with Crippen LogP contribution < -0.4 is 0 Å². The molecule has 1 atom stereocenters. The summed E-state index contributed by atoms with van der Waals surface area (Å²) < 4.78 is 0. The van der Waals surface area contributed by atoms with E-state index in [0.29, 0.717) is 5.69 Å². The molecule has 1 unspecified atom stereocenters. The molecule has 0 aliphatic heterocycles. The lowest BCUT2D eigenvalue weighted by Crippen LogP contribution is -2.06. The van der Waals surface area contributed by atoms with Gasteiger partial charge in [0, 0.05) is 6.20 Å². The zero-order valence-electron chi connectivity index (χ0n) is 6.34. The van der Waals surface area contributed by atoms with Gasteiger partial charge in [-0.3, -0.25) is 9.78 Å². The van der Waals surface area contributed by atoms with Crippen molar-refractivity contribution >= 4 is 5.97 Å². The van der Waals surface area contributed by atoms with Gasteiger partial charge in [0.2, 0.25) is 0 Å². The number of nitrogens with zero attached hydrogens (tertiary/aromatic N) is 1. The van der Waals surface area contributed by atoms with Crippen LogP contribution in [0.1, 0.15) is 18.2 Å². The van der Waals surface area contributed by atoms with Crippen LogP contribution in [0.4, 0.5) is 0 Å². The second-order valence-electron chi connectivity index (χ2n) is 2.37. The fourth-order valence-corrected chi connectivity index (χ4v) is 0.843. The number of rotatable bonds is 3. The van der Waals surface area contributed by atoms with E-state index >= 15 is 0 Å². The first-order valence-electron chi connectivity index (χ1n) is 3.51. The second-order valence-corrected chi connectivity index (χ2v) is 2.37. The molecule has 4 heteroatoms. The maximum absolute atomic E-state index is 10.2. The van der Waals surface area contributed by atoms with Crippen LogP contribution in [0.25, 0.3) is 0 Å². The Morgan fingerprint density at radius 3 is 2.83 bits per heavy atom. The molecule has 0 saturated carbocycles. The van der Waals surface area contributed by atoms with E-state index in [4.69, 9.17) is 5.11 Å². The number of carboxylic acid groups (broad SMARTS) is 1. The van der Waals surface area contributed by atoms with Crippen molar-refractivity contribution in [2.75, 3.05) is 0 Å². The summed E-state index contributed by atoms with van der Waals surface area (Å²) in [6.45, 7) is 0. The molecule has 0 saturated heterocycles. The van der Waals surface area contributed by atoms with Gasteiger partial charge in [-0.1, -0.05) is 6.07 Å². The third-order valence-electron chi connectivity index (χ3n) is 1.40. The van der Waals surface area contributed by atoms with Crippen LogP contribution in [0.2, 0.25) is 0 Å². The maximum atomic E-state index is 10.2. The molecule has 0 bridgehead atoms. The van der Waals surface area contributed by atoms with Gasteiger partial charge in [0.15, 0.2) is 0 Å². The highest BCUT2D eigenvalue weighted by atomic mass is 16.4. The molecule has 0 radical (unpaired) electrons. The summed E-state index contributed by atoms with van der Waals surface area (Å²) in [6, 6.07) is 5.00. The maximum Gasteiger partial charge on any atom is 0.306 e. The van der Waals surface area contributed by atoms with Crippen LogP contribution in [-0.2, 0) is 4.79 Å². The molecule has 0 spiro atoms. The van der Waals surface area contributed by atoms with Crippen molar-refractivity contribution in [2.45, 2.75) is 12.5 Å². The first kappa shape index (κ1) is 8.67. The summed E-state index contributed by atoms with van der Waals surface area (Å²) in [5.41, 5.74) is 0.389. The summed E-state index contributed by atoms with van der Waals surface area (Å²) in [4.78, 5) is 14.0. The zero-order valence-corrected chi connectivity index (χ0v) is 6.34. The molecule has 0 aromatic carbocycles. The summed E-state index contributed by atoms with van der Waals surface area (Å²) >= 11 is 0. The summed E-state index contributed by atoms with van der Waals surface area (Å²) in [7, 11) is 0. The van der Waals surface area contributed by atoms with Gasteiger partial charge in [-0.05, 0) is 12.1 Å². The number of hydrogen-bond donors (Lipinski definition) is 2. The van der Waals surface area contributed by atoms with Crippen molar-refractivity contribution in [1.29, 1.82) is 0 Å². The minimum atomic E-state index is -1.03. The first-order chi connectivity index (χ1) is 5.70. The Balaban J connectivity index is 2.65. The summed E-state index contributed by atoms with van der Waals surface area (Å²) in [5.74, 6) is -1.03. The van der Waals surface area contributed by atoms with Crippen LogP contribution >= 0.6 is 0 Å². The average molecular weight is 167 g/mol. The van der Waals surface area contributed by atoms with Crippen LogP contribution in [0, 0.1) is 0 Å². The molecule has 0 amide bonds. The van der Waals surface area contributed by atoms with E-state index < -0.39 is 12.1 Å². The highest BCUT2D eigenvalue weighted by Crippen LogP contribution is 2.12. The van der Waals surface area contributed by atoms with E-state index in [9.17, 15) is 9.90 Å². The third-order valence-corrected chi connectivity index (χ3v) is 1.40. The van der Waals surface area contributed by atoms with Crippen molar-refractivity contribution in [3.8, 4) is 0 Å². The third kappa shape index (κ3) is 2.32. The van der Waals surface area contributed by atoms with Crippen molar-refractivity contribution < 1.29 is 15.0 Å². The quantitative estimate of drug-likeness (QED) is 0.691. The Morgan fingerprint density at radius 1 is 1.58 bits per heavy atom. The largest absolute Gasteiger partial charge is 0.481 e. The molecule has 2 N–H and O–H groups in total. The van der Waals surface area contributed by atoms with Crippen LogP contribution in [0.3, 0.4) is 0 Å². The fraction of sp³-hybridized carbons (Fsp3) is 0.250. The molecule has 1 aromatic heterocycles. The lowest BCUT2D eigenvalue weighted by molar-refractivity contribution is -0.139. The predicted octanol–water partition coefficient (Wildman–Crippen LogP) is 0.590. The minimum Gasteiger partial charge on any atom is -0.481 e. The first-order valence-corrected chi connectivity index (χ1v) is 3.51. The fourth-order valence-electron chi connectivity index (χ4n) is 0.843. The molecule has 1 aromatic rings. The smallest absolute Gasteiger partial charge is 0.306 e. The standard InChI is InChI=1S/C8H9NO3/c10-7(5-8(11)12)6-3-1-2-4-9-6/h1-4,7,10H,5H2,(H,11,12). The van der Waals surface area contributed by atoms with Crippen LogP contribution in [0.15, 0.2) is 24.4 Å². The summed E-state index contributed by atoms with van der Waals surface area (Å²) in [6.07, 6.45) is 0.195. The number of aromatic nitrogens is 1. The van der Waals surface area contributed by atoms with Crippen molar-refractivity contribution in [2.24, 2.45) is 0 Å². The van der Waals surface area contributed by atoms with Crippen molar-refractivity contribution in [3.63, 3.8) is 0 Å². The number of carbonyl (C=O) groups is 1. The zero-order chi connectivity index (χ0) is 8.97. The molecular weight excluding hydrogens is 158 g/mol. The minimum absolute atomic E-state index is 0.309. The Hall–Kier alpha value is -1.42. The number of aliphatic hydroxyl groups excluding tert-OH is 1. The van der Waals surface area contributed by atoms with E-state index in [1.807, 2.05) is 0 Å². The molecule has 1 rings (SSSR count). The topological polar surface area (TPSA) is 70.4 Å². The van der Waals surface area contributed by atoms with Crippen molar-refractivity contribution in [3.05, 3.63) is 30.1 Å². The normalized spacial score (nSPS) is 12.4. The van der Waals surface area contributed by atoms with Gasteiger partial charge in [0.05, 0.1) is 12.1 Å². The van der Waals surface area contributed by atoms with Gasteiger partial charge in [-0.2, -0.15) is 0 Å². The van der Waals surface area contributed by atoms with E-state index in [0.717, 1.165) is 0 Å². The van der Waals surface area contributed by atoms with Gasteiger partial charge in [-0.15, -0.1) is 0 Å². The highest BCUT2D eigenvalue weighted by molar-refractivity contribution is 5.67. The van der Waals surface area contributed by atoms with Gasteiger partial charge in [0.25, 0.3) is 0 Å². The second kappa shape index (κ2) is 3.82. The number of aliphatic carboxylic acids is 1. The monoisotopic (exact) mass is 167 g/mol. The molecular formula is C8H9NO3. The SMILES string of the molecule is O=C(O)CC(O)c1ccccn1. The lowest BCUT2D eigenvalue weighted by atomic mass is 10.2. The van der Waals surface area contributed by atoms with E-state index in [-0.39, 0.29) is 6.42 Å². The lowest BCUT2D eigenvalue weighted by Gasteiger charge is -2.05. The van der Waals surface area contributed by atoms with E-state index in [2.05, 4.69) is 4.98 Å². The average Bonchev–Trinajstić information content (AvgIpc) is 2.05. The molecule has 4 nitrogen and oxygen atoms in total. The van der Waals surface area contributed by atoms with Gasteiger partial charge >= 0.3 is 5.97 Å². The number of carboxylic acids is 1. The number of aliphatic hydroxyl groups is 1. The predicted molar refractivity (Wildman–Crippen MR) is 41.4 cm³/mol. The van der Waals surface area contributed by atoms with Crippen LogP contribution in [0.5, 0.6) is 0 Å². The molecule has 0 aliphatic carbocycles. The molecule has 0 fully saturated rings. The Bertz CT molecular complexity index is 260.